The van der Waals surface area contributed by atoms with Gasteiger partial charge in [0.1, 0.15) is 10.8 Å². The highest BCUT2D eigenvalue weighted by Crippen LogP contribution is 2.41. The molecule has 5 rings (SSSR count). The summed E-state index contributed by atoms with van der Waals surface area (Å²) >= 11 is 8.97. The van der Waals surface area contributed by atoms with Crippen LogP contribution in [-0.2, 0) is 15.1 Å². The molecule has 1 N–H and O–H groups in total. The topological polar surface area (TPSA) is 68.3 Å². The molecule has 2 aliphatic rings. The first-order chi connectivity index (χ1) is 17.0. The average Bonchev–Trinajstić information content (AvgIpc) is 3.52. The highest BCUT2D eigenvalue weighted by molar-refractivity contribution is 8.01. The number of piperidine rings is 1. The molecular weight excluding hydrogens is 500 g/mol. The lowest BCUT2D eigenvalue weighted by molar-refractivity contribution is -0.133. The molecule has 1 amide bonds. The van der Waals surface area contributed by atoms with Crippen LogP contribution in [0.4, 0.5) is 0 Å². The zero-order valence-electron chi connectivity index (χ0n) is 19.0. The van der Waals surface area contributed by atoms with Gasteiger partial charge in [-0.3, -0.25) is 9.59 Å². The number of halogens is 1. The second-order valence-electron chi connectivity index (χ2n) is 8.42. The highest BCUT2D eigenvalue weighted by Gasteiger charge is 2.48. The van der Waals surface area contributed by atoms with Gasteiger partial charge >= 0.3 is 0 Å². The first-order valence-corrected chi connectivity index (χ1v) is 13.5. The van der Waals surface area contributed by atoms with Gasteiger partial charge in [-0.05, 0) is 52.9 Å². The van der Waals surface area contributed by atoms with Gasteiger partial charge in [0.2, 0.25) is 11.8 Å². The van der Waals surface area contributed by atoms with E-state index in [1.54, 1.807) is 6.07 Å². The molecular formula is C27H25ClN2O3S2. The summed E-state index contributed by atoms with van der Waals surface area (Å²) in [6.45, 7) is 0.619. The van der Waals surface area contributed by atoms with Gasteiger partial charge < -0.3 is 10.1 Å². The number of nitrogens with one attached hydrogen (secondary N) is 1. The Balaban J connectivity index is 0.00000141. The summed E-state index contributed by atoms with van der Waals surface area (Å²) in [4.78, 5) is 32.1. The van der Waals surface area contributed by atoms with Crippen molar-refractivity contribution in [3.63, 3.8) is 0 Å². The van der Waals surface area contributed by atoms with Crippen LogP contribution in [0.15, 0.2) is 64.2 Å². The van der Waals surface area contributed by atoms with E-state index in [2.05, 4.69) is 18.2 Å². The minimum absolute atomic E-state index is 0.107. The van der Waals surface area contributed by atoms with Gasteiger partial charge in [-0.15, -0.1) is 24.6 Å². The van der Waals surface area contributed by atoms with Crippen molar-refractivity contribution in [1.29, 1.82) is 0 Å². The Hall–Kier alpha value is -2.79. The summed E-state index contributed by atoms with van der Waals surface area (Å²) in [6.07, 6.45) is 11.7. The number of thioether (sulfide) groups is 1. The number of hydrogen-bond donors (Lipinski definition) is 1. The Morgan fingerprint density at radius 1 is 1.14 bits per heavy atom. The second-order valence-corrected chi connectivity index (χ2v) is 10.8. The van der Waals surface area contributed by atoms with Crippen molar-refractivity contribution in [1.82, 2.24) is 10.3 Å². The van der Waals surface area contributed by atoms with Gasteiger partial charge in [0.15, 0.2) is 5.78 Å². The van der Waals surface area contributed by atoms with Gasteiger partial charge in [0, 0.05) is 17.4 Å². The summed E-state index contributed by atoms with van der Waals surface area (Å²) < 4.78 is 5.89. The molecule has 2 unspecified atom stereocenters. The zero-order valence-corrected chi connectivity index (χ0v) is 21.4. The number of carbonyl (C=O) groups is 2. The first kappa shape index (κ1) is 25.3. The molecule has 1 aliphatic carbocycles. The van der Waals surface area contributed by atoms with E-state index in [0.29, 0.717) is 28.1 Å². The molecule has 1 aliphatic heterocycles. The van der Waals surface area contributed by atoms with E-state index >= 15 is 0 Å². The molecule has 5 nitrogen and oxygen atoms in total. The number of ether oxygens (including phenoxy) is 1. The van der Waals surface area contributed by atoms with Gasteiger partial charge in [-0.2, -0.15) is 11.3 Å². The second kappa shape index (κ2) is 11.3. The maximum absolute atomic E-state index is 13.4. The predicted octanol–water partition coefficient (Wildman–Crippen LogP) is 5.72. The molecule has 0 spiro atoms. The number of carbonyl (C=O) groups excluding carboxylic acids is 2. The van der Waals surface area contributed by atoms with Crippen molar-refractivity contribution >= 4 is 46.4 Å². The van der Waals surface area contributed by atoms with Crippen LogP contribution in [0.3, 0.4) is 0 Å². The first-order valence-electron chi connectivity index (χ1n) is 11.3. The number of rotatable bonds is 8. The Bertz CT molecular complexity index is 1190. The number of amides is 1. The minimum atomic E-state index is -1.03. The lowest BCUT2D eigenvalue weighted by atomic mass is 9.79. The smallest absolute Gasteiger partial charge is 0.242 e. The number of aromatic nitrogens is 1. The number of Topliss-reactive ketones (excluding diaryl/α,β-unsaturated/α-hetero) is 1. The van der Waals surface area contributed by atoms with Crippen LogP contribution in [0.1, 0.15) is 36.9 Å². The molecule has 180 valence electrons. The summed E-state index contributed by atoms with van der Waals surface area (Å²) in [5.41, 5.74) is 0.424. The SMILES string of the molecule is C#C.O=C1CC(c2ccsc2)(c2cccc(OCCC3CC3)n2)NC(=O)C1Sc1ccccc1Cl. The van der Waals surface area contributed by atoms with E-state index in [1.165, 1.54) is 35.9 Å². The Morgan fingerprint density at radius 3 is 2.63 bits per heavy atom. The summed E-state index contributed by atoms with van der Waals surface area (Å²) in [5.74, 6) is 0.783. The molecule has 1 aromatic carbocycles. The van der Waals surface area contributed by atoms with Crippen LogP contribution in [0.5, 0.6) is 5.88 Å². The van der Waals surface area contributed by atoms with Crippen molar-refractivity contribution < 1.29 is 14.3 Å². The maximum Gasteiger partial charge on any atom is 0.242 e. The molecule has 0 radical (unpaired) electrons. The monoisotopic (exact) mass is 524 g/mol. The number of pyridine rings is 1. The molecule has 2 aromatic heterocycles. The molecule has 1 saturated heterocycles. The molecule has 2 atom stereocenters. The van der Waals surface area contributed by atoms with Gasteiger partial charge in [0.05, 0.1) is 17.3 Å². The van der Waals surface area contributed by atoms with E-state index in [9.17, 15) is 9.59 Å². The fourth-order valence-corrected chi connectivity index (χ4v) is 6.03. The van der Waals surface area contributed by atoms with Crippen LogP contribution in [0, 0.1) is 18.8 Å². The average molecular weight is 525 g/mol. The molecule has 2 fully saturated rings. The summed E-state index contributed by atoms with van der Waals surface area (Å²) in [5, 5.41) is 6.70. The fraction of sp³-hybridized carbons (Fsp3) is 0.296. The largest absolute Gasteiger partial charge is 0.478 e. The summed E-state index contributed by atoms with van der Waals surface area (Å²) in [6, 6.07) is 14.7. The van der Waals surface area contributed by atoms with Gasteiger partial charge in [-0.25, -0.2) is 4.98 Å². The minimum Gasteiger partial charge on any atom is -0.478 e. The van der Waals surface area contributed by atoms with Crippen LogP contribution in [0.25, 0.3) is 0 Å². The van der Waals surface area contributed by atoms with Crippen molar-refractivity contribution in [2.75, 3.05) is 6.61 Å². The van der Waals surface area contributed by atoms with Gasteiger partial charge in [-0.1, -0.05) is 42.6 Å². The highest BCUT2D eigenvalue weighted by atomic mass is 35.5. The zero-order chi connectivity index (χ0) is 24.8. The quantitative estimate of drug-likeness (QED) is 0.301. The van der Waals surface area contributed by atoms with E-state index in [-0.39, 0.29) is 18.1 Å². The maximum atomic E-state index is 13.4. The van der Waals surface area contributed by atoms with Crippen molar-refractivity contribution in [2.45, 2.75) is 41.4 Å². The predicted molar refractivity (Wildman–Crippen MR) is 141 cm³/mol. The number of terminal acetylenes is 1. The normalized spacial score (nSPS) is 21.5. The standard InChI is InChI=1S/C25H23ClN2O3S2.C2H2/c26-18-4-1-2-5-20(18)33-23-19(29)14-25(28-24(23)30,17-11-13-32-15-17)21-6-3-7-22(27-21)31-12-10-16-8-9-16;1-2/h1-7,11,13,15-16,23H,8-10,12,14H2,(H,28,30);1-2H. The number of hydrogen-bond acceptors (Lipinski definition) is 6. The number of thiophene rings is 1. The third kappa shape index (κ3) is 5.72. The van der Waals surface area contributed by atoms with E-state index in [0.717, 1.165) is 17.9 Å². The molecule has 8 heteroatoms. The van der Waals surface area contributed by atoms with Crippen LogP contribution in [-0.4, -0.2) is 28.5 Å². The fourth-order valence-electron chi connectivity index (χ4n) is 4.06. The molecule has 3 aromatic rings. The third-order valence-electron chi connectivity index (χ3n) is 6.04. The Kier molecular flexibility index (Phi) is 8.17. The Labute approximate surface area is 218 Å². The lowest BCUT2D eigenvalue weighted by Gasteiger charge is -2.39. The molecule has 3 heterocycles. The summed E-state index contributed by atoms with van der Waals surface area (Å²) in [7, 11) is 0. The van der Waals surface area contributed by atoms with Crippen molar-refractivity contribution in [3.8, 4) is 18.7 Å². The molecule has 0 bridgehead atoms. The third-order valence-corrected chi connectivity index (χ3v) is 8.48. The number of ketones is 1. The van der Waals surface area contributed by atoms with Gasteiger partial charge in [0.25, 0.3) is 0 Å². The number of benzene rings is 1. The van der Waals surface area contributed by atoms with Crippen LogP contribution >= 0.6 is 34.7 Å². The van der Waals surface area contributed by atoms with E-state index in [4.69, 9.17) is 21.3 Å². The Morgan fingerprint density at radius 2 is 1.94 bits per heavy atom. The molecule has 35 heavy (non-hydrogen) atoms. The van der Waals surface area contributed by atoms with Crippen molar-refractivity contribution in [3.05, 3.63) is 75.6 Å². The van der Waals surface area contributed by atoms with Crippen LogP contribution in [0.2, 0.25) is 5.02 Å². The lowest BCUT2D eigenvalue weighted by Crippen LogP contribution is -2.58. The number of nitrogens with zero attached hydrogens (tertiary/aromatic N) is 1. The molecule has 1 saturated carbocycles. The van der Waals surface area contributed by atoms with Crippen molar-refractivity contribution in [2.24, 2.45) is 5.92 Å². The van der Waals surface area contributed by atoms with E-state index in [1.807, 2.05) is 53.2 Å². The van der Waals surface area contributed by atoms with Crippen LogP contribution < -0.4 is 10.1 Å². The van der Waals surface area contributed by atoms with E-state index < -0.39 is 10.8 Å².